The standard InChI is InChI=1S/C43H25N5/c44-26-28-22-23-41(47-37-17-5-1-11-30(37)31-12-2-6-18-38(31)47)35(25-28)29-15-9-16-34(36(29)27-45)43-42(21-10-24-46-43)48-39-19-7-3-13-32(39)33-14-4-8-20-40(33)48/h1-25H. The summed E-state index contributed by atoms with van der Waals surface area (Å²) in [7, 11) is 0. The number of hydrogen-bond acceptors (Lipinski definition) is 3. The van der Waals surface area contributed by atoms with Crippen LogP contribution in [0, 0.1) is 22.7 Å². The van der Waals surface area contributed by atoms with Crippen LogP contribution in [0.15, 0.2) is 152 Å². The first-order chi connectivity index (χ1) is 23.8. The lowest BCUT2D eigenvalue weighted by atomic mass is 9.92. The predicted molar refractivity (Wildman–Crippen MR) is 193 cm³/mol. The number of hydrogen-bond donors (Lipinski definition) is 0. The van der Waals surface area contributed by atoms with E-state index >= 15 is 0 Å². The second-order valence-corrected chi connectivity index (χ2v) is 11.8. The highest BCUT2D eigenvalue weighted by Crippen LogP contribution is 2.41. The fraction of sp³-hybridized carbons (Fsp3) is 0. The van der Waals surface area contributed by atoms with E-state index in [0.29, 0.717) is 16.8 Å². The Bertz CT molecular complexity index is 2710. The fourth-order valence-electron chi connectivity index (χ4n) is 7.26. The number of aromatic nitrogens is 3. The Hall–Kier alpha value is -6.95. The second kappa shape index (κ2) is 10.8. The van der Waals surface area contributed by atoms with Crippen LogP contribution < -0.4 is 0 Å². The van der Waals surface area contributed by atoms with Crippen LogP contribution in [0.2, 0.25) is 0 Å². The second-order valence-electron chi connectivity index (χ2n) is 11.8. The smallest absolute Gasteiger partial charge is 0.100 e. The van der Waals surface area contributed by atoms with Gasteiger partial charge in [-0.2, -0.15) is 10.5 Å². The Kier molecular flexibility index (Phi) is 6.18. The van der Waals surface area contributed by atoms with Crippen molar-refractivity contribution in [3.8, 4) is 45.9 Å². The minimum atomic E-state index is 0.496. The van der Waals surface area contributed by atoms with Gasteiger partial charge in [0, 0.05) is 44.4 Å². The largest absolute Gasteiger partial charge is 0.309 e. The lowest BCUT2D eigenvalue weighted by Gasteiger charge is -2.18. The molecule has 0 N–H and O–H groups in total. The minimum absolute atomic E-state index is 0.496. The van der Waals surface area contributed by atoms with Gasteiger partial charge in [0.2, 0.25) is 0 Å². The molecule has 0 aliphatic rings. The van der Waals surface area contributed by atoms with Crippen molar-refractivity contribution in [1.82, 2.24) is 14.1 Å². The van der Waals surface area contributed by atoms with Crippen LogP contribution in [0.5, 0.6) is 0 Å². The summed E-state index contributed by atoms with van der Waals surface area (Å²) in [5, 5.41) is 25.5. The van der Waals surface area contributed by atoms with Crippen LogP contribution in [0.25, 0.3) is 77.4 Å². The normalized spacial score (nSPS) is 11.3. The molecule has 0 bridgehead atoms. The summed E-state index contributed by atoms with van der Waals surface area (Å²) in [5.41, 5.74) is 10.0. The zero-order valence-electron chi connectivity index (χ0n) is 25.7. The Morgan fingerprint density at radius 3 is 1.50 bits per heavy atom. The summed E-state index contributed by atoms with van der Waals surface area (Å²) in [4.78, 5) is 4.92. The van der Waals surface area contributed by atoms with E-state index in [1.165, 1.54) is 0 Å². The van der Waals surface area contributed by atoms with Crippen molar-refractivity contribution in [2.24, 2.45) is 0 Å². The zero-order valence-corrected chi connectivity index (χ0v) is 25.7. The van der Waals surface area contributed by atoms with Crippen molar-refractivity contribution in [2.45, 2.75) is 0 Å². The Morgan fingerprint density at radius 2 is 0.958 bits per heavy atom. The molecule has 3 aromatic heterocycles. The van der Waals surface area contributed by atoms with Gasteiger partial charge in [0.05, 0.1) is 56.3 Å². The van der Waals surface area contributed by atoms with E-state index in [-0.39, 0.29) is 0 Å². The molecule has 9 aromatic rings. The maximum absolute atomic E-state index is 10.9. The molecule has 0 saturated heterocycles. The number of nitrogens with zero attached hydrogens (tertiary/aromatic N) is 5. The highest BCUT2D eigenvalue weighted by Gasteiger charge is 2.22. The van der Waals surface area contributed by atoms with Crippen LogP contribution in [0.4, 0.5) is 0 Å². The van der Waals surface area contributed by atoms with E-state index < -0.39 is 0 Å². The third kappa shape index (κ3) is 3.99. The molecule has 0 radical (unpaired) electrons. The summed E-state index contributed by atoms with van der Waals surface area (Å²) in [6, 6.07) is 54.0. The van der Waals surface area contributed by atoms with E-state index in [4.69, 9.17) is 4.98 Å². The number of para-hydroxylation sites is 4. The highest BCUT2D eigenvalue weighted by atomic mass is 15.0. The molecule has 0 spiro atoms. The summed E-state index contributed by atoms with van der Waals surface area (Å²) >= 11 is 0. The maximum Gasteiger partial charge on any atom is 0.100 e. The molecule has 0 atom stereocenters. The summed E-state index contributed by atoms with van der Waals surface area (Å²) < 4.78 is 4.47. The van der Waals surface area contributed by atoms with Crippen LogP contribution >= 0.6 is 0 Å². The Morgan fingerprint density at radius 1 is 0.438 bits per heavy atom. The minimum Gasteiger partial charge on any atom is -0.309 e. The van der Waals surface area contributed by atoms with Gasteiger partial charge in [0.25, 0.3) is 0 Å². The van der Waals surface area contributed by atoms with Crippen LogP contribution in [-0.2, 0) is 0 Å². The number of fused-ring (bicyclic) bond motifs is 6. The molecule has 0 aliphatic heterocycles. The summed E-state index contributed by atoms with van der Waals surface area (Å²) in [5.74, 6) is 0. The first-order valence-electron chi connectivity index (χ1n) is 15.8. The van der Waals surface area contributed by atoms with Crippen molar-refractivity contribution in [1.29, 1.82) is 10.5 Å². The third-order valence-electron chi connectivity index (χ3n) is 9.28. The number of nitriles is 2. The van der Waals surface area contributed by atoms with Gasteiger partial charge in [-0.1, -0.05) is 91.0 Å². The Balaban J connectivity index is 1.33. The molecule has 222 valence electrons. The average molecular weight is 612 g/mol. The molecule has 0 fully saturated rings. The highest BCUT2D eigenvalue weighted by molar-refractivity contribution is 6.11. The maximum atomic E-state index is 10.9. The Labute approximate surface area is 276 Å². The molecular weight excluding hydrogens is 587 g/mol. The van der Waals surface area contributed by atoms with Gasteiger partial charge in [0.1, 0.15) is 6.07 Å². The van der Waals surface area contributed by atoms with Gasteiger partial charge in [-0.05, 0) is 54.6 Å². The molecule has 3 heterocycles. The van der Waals surface area contributed by atoms with E-state index in [2.05, 4.69) is 100 Å². The quantitative estimate of drug-likeness (QED) is 0.199. The summed E-state index contributed by atoms with van der Waals surface area (Å²) in [6.45, 7) is 0. The van der Waals surface area contributed by atoms with E-state index in [9.17, 15) is 10.5 Å². The van der Waals surface area contributed by atoms with E-state index in [0.717, 1.165) is 71.7 Å². The first-order valence-corrected chi connectivity index (χ1v) is 15.8. The molecule has 9 rings (SSSR count). The van der Waals surface area contributed by atoms with Crippen molar-refractivity contribution in [3.63, 3.8) is 0 Å². The van der Waals surface area contributed by atoms with E-state index in [1.54, 1.807) is 6.20 Å². The van der Waals surface area contributed by atoms with Gasteiger partial charge >= 0.3 is 0 Å². The molecule has 0 aliphatic carbocycles. The summed E-state index contributed by atoms with van der Waals surface area (Å²) in [6.07, 6.45) is 1.78. The van der Waals surface area contributed by atoms with Gasteiger partial charge in [-0.25, -0.2) is 0 Å². The van der Waals surface area contributed by atoms with Crippen LogP contribution in [-0.4, -0.2) is 14.1 Å². The average Bonchev–Trinajstić information content (AvgIpc) is 3.67. The molecule has 0 saturated carbocycles. The predicted octanol–water partition coefficient (Wildman–Crippen LogP) is 10.4. The van der Waals surface area contributed by atoms with Crippen molar-refractivity contribution < 1.29 is 0 Å². The van der Waals surface area contributed by atoms with Crippen molar-refractivity contribution in [3.05, 3.63) is 163 Å². The lowest BCUT2D eigenvalue weighted by Crippen LogP contribution is -2.02. The first kappa shape index (κ1) is 27.4. The molecule has 6 aromatic carbocycles. The van der Waals surface area contributed by atoms with Gasteiger partial charge in [0.15, 0.2) is 0 Å². The van der Waals surface area contributed by atoms with Gasteiger partial charge in [-0.3, -0.25) is 4.98 Å². The van der Waals surface area contributed by atoms with E-state index in [1.807, 2.05) is 66.7 Å². The number of rotatable bonds is 4. The van der Waals surface area contributed by atoms with Crippen LogP contribution in [0.3, 0.4) is 0 Å². The molecule has 0 amide bonds. The zero-order chi connectivity index (χ0) is 32.2. The molecular formula is C43H25N5. The SMILES string of the molecule is N#Cc1ccc(-n2c3ccccc3c3ccccc32)c(-c2cccc(-c3ncccc3-n3c4ccccc4c4ccccc43)c2C#N)c1. The topological polar surface area (TPSA) is 70.3 Å². The van der Waals surface area contributed by atoms with Crippen LogP contribution in [0.1, 0.15) is 11.1 Å². The molecule has 0 unspecified atom stereocenters. The van der Waals surface area contributed by atoms with Crippen molar-refractivity contribution in [2.75, 3.05) is 0 Å². The van der Waals surface area contributed by atoms with Gasteiger partial charge in [-0.15, -0.1) is 0 Å². The van der Waals surface area contributed by atoms with Crippen molar-refractivity contribution >= 4 is 43.6 Å². The number of pyridine rings is 1. The molecule has 5 heteroatoms. The van der Waals surface area contributed by atoms with Gasteiger partial charge < -0.3 is 9.13 Å². The monoisotopic (exact) mass is 611 g/mol. The third-order valence-corrected chi connectivity index (χ3v) is 9.28. The molecule has 48 heavy (non-hydrogen) atoms. The number of benzene rings is 6. The fourth-order valence-corrected chi connectivity index (χ4v) is 7.26. The lowest BCUT2D eigenvalue weighted by molar-refractivity contribution is 1.14. The molecule has 5 nitrogen and oxygen atoms in total.